The Morgan fingerprint density at radius 3 is 2.93 bits per heavy atom. The lowest BCUT2D eigenvalue weighted by atomic mass is 9.73. The van der Waals surface area contributed by atoms with Crippen molar-refractivity contribution in [2.75, 3.05) is 6.54 Å². The van der Waals surface area contributed by atoms with Gasteiger partial charge in [0.25, 0.3) is 5.91 Å². The Kier molecular flexibility index (Phi) is 3.54. The van der Waals surface area contributed by atoms with Crippen molar-refractivity contribution in [1.29, 1.82) is 0 Å². The van der Waals surface area contributed by atoms with E-state index in [2.05, 4.69) is 18.2 Å². The summed E-state index contributed by atoms with van der Waals surface area (Å²) >= 11 is 0. The first-order chi connectivity index (χ1) is 6.64. The highest BCUT2D eigenvalue weighted by atomic mass is 16.1. The number of amides is 1. The van der Waals surface area contributed by atoms with Crippen LogP contribution in [0.5, 0.6) is 0 Å². The van der Waals surface area contributed by atoms with E-state index in [0.29, 0.717) is 12.5 Å². The predicted octanol–water partition coefficient (Wildman–Crippen LogP) is 0.643. The smallest absolute Gasteiger partial charge is 0.296 e. The standard InChI is InChI=1S/C11H18N2O/c1-3-10(14)13-11(8-12)7-5-4-6-9(11)2/h1,9H,4-8,12H2,2H3,(H,13,14). The summed E-state index contributed by atoms with van der Waals surface area (Å²) in [4.78, 5) is 11.2. The van der Waals surface area contributed by atoms with E-state index in [1.54, 1.807) is 0 Å². The molecule has 0 aromatic heterocycles. The average molecular weight is 194 g/mol. The van der Waals surface area contributed by atoms with Crippen molar-refractivity contribution >= 4 is 5.91 Å². The molecule has 3 heteroatoms. The molecule has 1 saturated carbocycles. The van der Waals surface area contributed by atoms with Gasteiger partial charge in [0.05, 0.1) is 5.54 Å². The molecule has 0 saturated heterocycles. The number of hydrogen-bond donors (Lipinski definition) is 2. The van der Waals surface area contributed by atoms with E-state index < -0.39 is 0 Å². The number of carbonyl (C=O) groups excluding carboxylic acids is 1. The predicted molar refractivity (Wildman–Crippen MR) is 56.4 cm³/mol. The summed E-state index contributed by atoms with van der Waals surface area (Å²) in [6.07, 6.45) is 9.44. The van der Waals surface area contributed by atoms with Gasteiger partial charge in [-0.05, 0) is 24.7 Å². The summed E-state index contributed by atoms with van der Waals surface area (Å²) in [5, 5.41) is 2.88. The van der Waals surface area contributed by atoms with E-state index in [9.17, 15) is 4.79 Å². The first-order valence-electron chi connectivity index (χ1n) is 5.13. The largest absolute Gasteiger partial charge is 0.338 e. The quantitative estimate of drug-likeness (QED) is 0.634. The third-order valence-electron chi connectivity index (χ3n) is 3.31. The molecule has 1 aliphatic rings. The van der Waals surface area contributed by atoms with Crippen molar-refractivity contribution in [3.63, 3.8) is 0 Å². The molecule has 2 unspecified atom stereocenters. The van der Waals surface area contributed by atoms with Crippen LogP contribution < -0.4 is 11.1 Å². The second kappa shape index (κ2) is 4.47. The molecular weight excluding hydrogens is 176 g/mol. The van der Waals surface area contributed by atoms with E-state index in [1.165, 1.54) is 6.42 Å². The molecule has 0 spiro atoms. The first-order valence-corrected chi connectivity index (χ1v) is 5.13. The third-order valence-corrected chi connectivity index (χ3v) is 3.31. The van der Waals surface area contributed by atoms with Gasteiger partial charge in [-0.25, -0.2) is 0 Å². The fraction of sp³-hybridized carbons (Fsp3) is 0.727. The number of nitrogens with two attached hydrogens (primary N) is 1. The molecule has 1 amide bonds. The maximum Gasteiger partial charge on any atom is 0.296 e. The number of rotatable bonds is 2. The lowest BCUT2D eigenvalue weighted by Crippen LogP contribution is -2.58. The van der Waals surface area contributed by atoms with Crippen LogP contribution in [0.15, 0.2) is 0 Å². The fourth-order valence-corrected chi connectivity index (χ4v) is 2.22. The number of hydrogen-bond acceptors (Lipinski definition) is 2. The van der Waals surface area contributed by atoms with Crippen LogP contribution >= 0.6 is 0 Å². The summed E-state index contributed by atoms with van der Waals surface area (Å²) < 4.78 is 0. The molecule has 1 fully saturated rings. The van der Waals surface area contributed by atoms with Gasteiger partial charge in [-0.3, -0.25) is 4.79 Å². The molecule has 0 bridgehead atoms. The van der Waals surface area contributed by atoms with Crippen molar-refractivity contribution < 1.29 is 4.79 Å². The Hall–Kier alpha value is -1.01. The van der Waals surface area contributed by atoms with Crippen LogP contribution in [0.3, 0.4) is 0 Å². The van der Waals surface area contributed by atoms with Crippen molar-refractivity contribution in [3.8, 4) is 12.3 Å². The van der Waals surface area contributed by atoms with Crippen LogP contribution in [0.2, 0.25) is 0 Å². The maximum absolute atomic E-state index is 11.2. The topological polar surface area (TPSA) is 55.1 Å². The molecule has 0 aromatic rings. The zero-order valence-corrected chi connectivity index (χ0v) is 8.68. The molecular formula is C11H18N2O. The van der Waals surface area contributed by atoms with Crippen LogP contribution in [-0.4, -0.2) is 18.0 Å². The van der Waals surface area contributed by atoms with Crippen LogP contribution in [0.1, 0.15) is 32.6 Å². The summed E-state index contributed by atoms with van der Waals surface area (Å²) in [6, 6.07) is 0. The van der Waals surface area contributed by atoms with E-state index >= 15 is 0 Å². The Morgan fingerprint density at radius 2 is 2.43 bits per heavy atom. The number of nitrogens with one attached hydrogen (secondary N) is 1. The van der Waals surface area contributed by atoms with Crippen LogP contribution in [0, 0.1) is 18.3 Å². The molecule has 0 radical (unpaired) electrons. The van der Waals surface area contributed by atoms with Gasteiger partial charge in [0.15, 0.2) is 0 Å². The Labute approximate surface area is 85.4 Å². The zero-order chi connectivity index (χ0) is 10.6. The molecule has 78 valence electrons. The first kappa shape index (κ1) is 11.1. The summed E-state index contributed by atoms with van der Waals surface area (Å²) in [6.45, 7) is 2.60. The van der Waals surface area contributed by atoms with Crippen molar-refractivity contribution in [2.45, 2.75) is 38.1 Å². The third kappa shape index (κ3) is 2.08. The van der Waals surface area contributed by atoms with Gasteiger partial charge in [-0.15, -0.1) is 6.42 Å². The zero-order valence-electron chi connectivity index (χ0n) is 8.68. The van der Waals surface area contributed by atoms with Gasteiger partial charge in [0.1, 0.15) is 0 Å². The van der Waals surface area contributed by atoms with Crippen LogP contribution in [0.4, 0.5) is 0 Å². The molecule has 0 aliphatic heterocycles. The minimum Gasteiger partial charge on any atom is -0.338 e. The van der Waals surface area contributed by atoms with Crippen molar-refractivity contribution in [3.05, 3.63) is 0 Å². The normalized spacial score (nSPS) is 31.9. The molecule has 2 atom stereocenters. The van der Waals surface area contributed by atoms with Gasteiger partial charge in [0.2, 0.25) is 0 Å². The minimum absolute atomic E-state index is 0.262. The SMILES string of the molecule is C#CC(=O)NC1(CN)CCCCC1C. The minimum atomic E-state index is -0.343. The summed E-state index contributed by atoms with van der Waals surface area (Å²) in [7, 11) is 0. The van der Waals surface area contributed by atoms with Gasteiger partial charge < -0.3 is 11.1 Å². The van der Waals surface area contributed by atoms with Crippen molar-refractivity contribution in [1.82, 2.24) is 5.32 Å². The molecule has 1 rings (SSSR count). The maximum atomic E-state index is 11.2. The van der Waals surface area contributed by atoms with Crippen LogP contribution in [-0.2, 0) is 4.79 Å². The molecule has 14 heavy (non-hydrogen) atoms. The summed E-state index contributed by atoms with van der Waals surface area (Å²) in [5.74, 6) is 2.16. The highest BCUT2D eigenvalue weighted by Gasteiger charge is 2.37. The van der Waals surface area contributed by atoms with Gasteiger partial charge in [-0.1, -0.05) is 19.8 Å². The average Bonchev–Trinajstić information content (AvgIpc) is 2.21. The highest BCUT2D eigenvalue weighted by Crippen LogP contribution is 2.32. The Balaban J connectivity index is 2.73. The molecule has 0 heterocycles. The second-order valence-corrected chi connectivity index (χ2v) is 4.11. The number of carbonyl (C=O) groups is 1. The van der Waals surface area contributed by atoms with Crippen LogP contribution in [0.25, 0.3) is 0 Å². The molecule has 3 nitrogen and oxygen atoms in total. The Bertz CT molecular complexity index is 257. The molecule has 1 aliphatic carbocycles. The molecule has 0 aromatic carbocycles. The fourth-order valence-electron chi connectivity index (χ4n) is 2.22. The monoisotopic (exact) mass is 194 g/mol. The molecule has 3 N–H and O–H groups in total. The van der Waals surface area contributed by atoms with Crippen molar-refractivity contribution in [2.24, 2.45) is 11.7 Å². The van der Waals surface area contributed by atoms with E-state index in [4.69, 9.17) is 12.2 Å². The van der Waals surface area contributed by atoms with E-state index in [-0.39, 0.29) is 11.4 Å². The number of terminal acetylenes is 1. The van der Waals surface area contributed by atoms with E-state index in [0.717, 1.165) is 19.3 Å². The Morgan fingerprint density at radius 1 is 1.71 bits per heavy atom. The van der Waals surface area contributed by atoms with E-state index in [1.807, 2.05) is 0 Å². The summed E-state index contributed by atoms with van der Waals surface area (Å²) in [5.41, 5.74) is 5.49. The lowest BCUT2D eigenvalue weighted by molar-refractivity contribution is -0.118. The lowest BCUT2D eigenvalue weighted by Gasteiger charge is -2.42. The highest BCUT2D eigenvalue weighted by molar-refractivity contribution is 5.93. The second-order valence-electron chi connectivity index (χ2n) is 4.11. The van der Waals surface area contributed by atoms with Gasteiger partial charge in [0, 0.05) is 6.54 Å². The van der Waals surface area contributed by atoms with Gasteiger partial charge in [-0.2, -0.15) is 0 Å². The van der Waals surface area contributed by atoms with Gasteiger partial charge >= 0.3 is 0 Å².